The molecular formula is C24H25O3S+. The van der Waals surface area contributed by atoms with Gasteiger partial charge >= 0.3 is 0 Å². The van der Waals surface area contributed by atoms with Crippen molar-refractivity contribution in [3.8, 4) is 5.75 Å². The first-order valence-electron chi connectivity index (χ1n) is 9.50. The van der Waals surface area contributed by atoms with Crippen LogP contribution in [0.4, 0.5) is 0 Å². The second-order valence-electron chi connectivity index (χ2n) is 7.17. The third-order valence-corrected chi connectivity index (χ3v) is 6.71. The van der Waals surface area contributed by atoms with Crippen LogP contribution < -0.4 is 4.74 Å². The molecule has 1 saturated heterocycles. The lowest BCUT2D eigenvalue weighted by molar-refractivity contribution is -0.141. The van der Waals surface area contributed by atoms with E-state index < -0.39 is 5.79 Å². The van der Waals surface area contributed by atoms with Gasteiger partial charge in [-0.1, -0.05) is 42.5 Å². The van der Waals surface area contributed by atoms with Crippen molar-refractivity contribution >= 4 is 10.9 Å². The summed E-state index contributed by atoms with van der Waals surface area (Å²) in [5, 5.41) is 0. The van der Waals surface area contributed by atoms with Gasteiger partial charge in [-0.15, -0.1) is 0 Å². The van der Waals surface area contributed by atoms with Crippen LogP contribution in [0.25, 0.3) is 0 Å². The van der Waals surface area contributed by atoms with Crippen LogP contribution in [0.2, 0.25) is 0 Å². The van der Waals surface area contributed by atoms with Gasteiger partial charge in [-0.2, -0.15) is 0 Å². The molecule has 1 aliphatic rings. The Bertz CT molecular complexity index is 856. The highest BCUT2D eigenvalue weighted by Crippen LogP contribution is 2.33. The van der Waals surface area contributed by atoms with Crippen LogP contribution in [0.3, 0.4) is 0 Å². The number of benzene rings is 3. The summed E-state index contributed by atoms with van der Waals surface area (Å²) in [4.78, 5) is 3.82. The SMILES string of the molecule is CC1(C)OCC(COc2cccc([S+](c3ccccc3)c3ccccc3)c2)O1. The second kappa shape index (κ2) is 8.39. The van der Waals surface area contributed by atoms with Crippen LogP contribution in [0.15, 0.2) is 99.6 Å². The highest BCUT2D eigenvalue weighted by molar-refractivity contribution is 7.97. The first kappa shape index (κ1) is 19.1. The molecule has 1 unspecified atom stereocenters. The van der Waals surface area contributed by atoms with Gasteiger partial charge in [-0.25, -0.2) is 0 Å². The number of hydrogen-bond acceptors (Lipinski definition) is 3. The Morgan fingerprint density at radius 2 is 1.46 bits per heavy atom. The summed E-state index contributed by atoms with van der Waals surface area (Å²) in [5.74, 6) is 0.332. The summed E-state index contributed by atoms with van der Waals surface area (Å²) in [6.07, 6.45) is -0.0415. The average Bonchev–Trinajstić information content (AvgIpc) is 3.07. The fourth-order valence-corrected chi connectivity index (χ4v) is 5.37. The molecule has 0 radical (unpaired) electrons. The van der Waals surface area contributed by atoms with Gasteiger partial charge in [-0.05, 0) is 50.2 Å². The molecule has 0 bridgehead atoms. The maximum atomic E-state index is 6.05. The zero-order chi connectivity index (χ0) is 19.4. The molecule has 144 valence electrons. The predicted molar refractivity (Wildman–Crippen MR) is 112 cm³/mol. The van der Waals surface area contributed by atoms with Gasteiger partial charge in [0.1, 0.15) is 18.5 Å². The Kier molecular flexibility index (Phi) is 5.72. The normalized spacial score (nSPS) is 18.3. The largest absolute Gasteiger partial charge is 0.491 e. The quantitative estimate of drug-likeness (QED) is 0.531. The molecule has 4 heteroatoms. The smallest absolute Gasteiger partial charge is 0.170 e. The monoisotopic (exact) mass is 393 g/mol. The summed E-state index contributed by atoms with van der Waals surface area (Å²) < 4.78 is 17.5. The topological polar surface area (TPSA) is 27.7 Å². The number of rotatable bonds is 6. The zero-order valence-electron chi connectivity index (χ0n) is 16.2. The molecule has 0 spiro atoms. The minimum absolute atomic E-state index is 0.0415. The third kappa shape index (κ3) is 4.58. The molecule has 0 amide bonds. The highest BCUT2D eigenvalue weighted by Gasteiger charge is 2.33. The van der Waals surface area contributed by atoms with Crippen molar-refractivity contribution in [3.63, 3.8) is 0 Å². The maximum Gasteiger partial charge on any atom is 0.170 e. The van der Waals surface area contributed by atoms with E-state index in [9.17, 15) is 0 Å². The Labute approximate surface area is 169 Å². The second-order valence-corrected chi connectivity index (χ2v) is 9.20. The van der Waals surface area contributed by atoms with Crippen molar-refractivity contribution in [2.75, 3.05) is 13.2 Å². The van der Waals surface area contributed by atoms with Gasteiger partial charge in [0, 0.05) is 6.07 Å². The Morgan fingerprint density at radius 1 is 0.857 bits per heavy atom. The molecule has 1 heterocycles. The van der Waals surface area contributed by atoms with Gasteiger partial charge < -0.3 is 14.2 Å². The summed E-state index contributed by atoms with van der Waals surface area (Å²) in [6, 6.07) is 29.6. The first-order chi connectivity index (χ1) is 13.6. The third-order valence-electron chi connectivity index (χ3n) is 4.50. The Morgan fingerprint density at radius 3 is 2.04 bits per heavy atom. The van der Waals surface area contributed by atoms with Crippen LogP contribution in [-0.2, 0) is 20.4 Å². The van der Waals surface area contributed by atoms with Crippen LogP contribution in [-0.4, -0.2) is 25.1 Å². The highest BCUT2D eigenvalue weighted by atomic mass is 32.2. The van der Waals surface area contributed by atoms with E-state index in [1.165, 1.54) is 14.7 Å². The van der Waals surface area contributed by atoms with Crippen LogP contribution in [0, 0.1) is 0 Å². The molecular weight excluding hydrogens is 368 g/mol. The molecule has 0 N–H and O–H groups in total. The maximum absolute atomic E-state index is 6.05. The lowest BCUT2D eigenvalue weighted by Crippen LogP contribution is -2.25. The fourth-order valence-electron chi connectivity index (χ4n) is 3.25. The molecule has 0 aromatic heterocycles. The van der Waals surface area contributed by atoms with Crippen molar-refractivity contribution < 1.29 is 14.2 Å². The van der Waals surface area contributed by atoms with Crippen molar-refractivity contribution in [2.24, 2.45) is 0 Å². The van der Waals surface area contributed by atoms with Gasteiger partial charge in [0.25, 0.3) is 0 Å². The van der Waals surface area contributed by atoms with E-state index in [0.29, 0.717) is 13.2 Å². The first-order valence-corrected chi connectivity index (χ1v) is 10.7. The molecule has 1 aliphatic heterocycles. The minimum Gasteiger partial charge on any atom is -0.491 e. The molecule has 28 heavy (non-hydrogen) atoms. The zero-order valence-corrected chi connectivity index (χ0v) is 17.0. The van der Waals surface area contributed by atoms with E-state index in [1.807, 2.05) is 19.9 Å². The van der Waals surface area contributed by atoms with E-state index in [4.69, 9.17) is 14.2 Å². The van der Waals surface area contributed by atoms with Gasteiger partial charge in [0.15, 0.2) is 20.5 Å². The van der Waals surface area contributed by atoms with E-state index in [-0.39, 0.29) is 17.0 Å². The van der Waals surface area contributed by atoms with E-state index in [2.05, 4.69) is 78.9 Å². The molecule has 4 rings (SSSR count). The molecule has 3 nitrogen and oxygen atoms in total. The molecule has 1 atom stereocenters. The van der Waals surface area contributed by atoms with E-state index in [0.717, 1.165) is 5.75 Å². The van der Waals surface area contributed by atoms with Gasteiger partial charge in [0.05, 0.1) is 17.5 Å². The van der Waals surface area contributed by atoms with Crippen molar-refractivity contribution in [1.82, 2.24) is 0 Å². The Balaban J connectivity index is 1.57. The predicted octanol–water partition coefficient (Wildman–Crippen LogP) is 5.31. The summed E-state index contributed by atoms with van der Waals surface area (Å²) in [7, 11) is -0.179. The van der Waals surface area contributed by atoms with Crippen molar-refractivity contribution in [3.05, 3.63) is 84.9 Å². The Hall–Kier alpha value is -2.27. The standard InChI is InChI=1S/C24H25O3S/c1-24(2)26-18-20(27-24)17-25-19-10-9-15-23(16-19)28(21-11-5-3-6-12-21)22-13-7-4-8-14-22/h3-16,20H,17-18H2,1-2H3/q+1. The van der Waals surface area contributed by atoms with Crippen LogP contribution >= 0.6 is 0 Å². The van der Waals surface area contributed by atoms with E-state index >= 15 is 0 Å². The van der Waals surface area contributed by atoms with Crippen LogP contribution in [0.1, 0.15) is 13.8 Å². The summed E-state index contributed by atoms with van der Waals surface area (Å²) in [5.41, 5.74) is 0. The molecule has 3 aromatic carbocycles. The summed E-state index contributed by atoms with van der Waals surface area (Å²) in [6.45, 7) is 4.90. The minimum atomic E-state index is -0.525. The number of hydrogen-bond donors (Lipinski definition) is 0. The van der Waals surface area contributed by atoms with E-state index in [1.54, 1.807) is 0 Å². The van der Waals surface area contributed by atoms with Crippen molar-refractivity contribution in [1.29, 1.82) is 0 Å². The van der Waals surface area contributed by atoms with Crippen LogP contribution in [0.5, 0.6) is 5.75 Å². The lowest BCUT2D eigenvalue weighted by Gasteiger charge is -2.17. The lowest BCUT2D eigenvalue weighted by atomic mass is 10.3. The fraction of sp³-hybridized carbons (Fsp3) is 0.250. The summed E-state index contributed by atoms with van der Waals surface area (Å²) >= 11 is 0. The van der Waals surface area contributed by atoms with Gasteiger partial charge in [0.2, 0.25) is 0 Å². The molecule has 0 saturated carbocycles. The van der Waals surface area contributed by atoms with Crippen molar-refractivity contribution in [2.45, 2.75) is 40.4 Å². The number of ether oxygens (including phenoxy) is 3. The molecule has 1 fully saturated rings. The molecule has 3 aromatic rings. The average molecular weight is 394 g/mol. The van der Waals surface area contributed by atoms with Gasteiger partial charge in [-0.3, -0.25) is 0 Å². The molecule has 0 aliphatic carbocycles.